The third-order valence-electron chi connectivity index (χ3n) is 9.06. The standard InChI is InChI=1S/C30H23NO9/c1-14-13-28(38-2,39-3)27(37)11-7-5-4-6-8-19-29(14)30(27,40-29)15-12-18(34)22-23(24(15)31-19)26(36)21-17(33)10-9-16(32)20(21)25(22)35/h4-5,9-10,12,14,19,31-34,37H,13H2,1-3H3/b5-4-/t14-,19-,27-,29-,30-/m0/s1. The number of methoxy groups -OCH3 is 2. The monoisotopic (exact) mass is 541 g/mol. The minimum atomic E-state index is -2.19. The molecule has 2 aromatic carbocycles. The molecule has 2 aliphatic heterocycles. The molecule has 0 aromatic heterocycles. The van der Waals surface area contributed by atoms with Gasteiger partial charge in [-0.15, -0.1) is 0 Å². The topological polar surface area (TPSA) is 158 Å². The second-order valence-corrected chi connectivity index (χ2v) is 10.6. The van der Waals surface area contributed by atoms with Gasteiger partial charge < -0.3 is 40.0 Å². The highest BCUT2D eigenvalue weighted by atomic mass is 16.7. The molecule has 202 valence electrons. The van der Waals surface area contributed by atoms with Gasteiger partial charge in [0.1, 0.15) is 28.9 Å². The maximum Gasteiger partial charge on any atom is 0.216 e. The van der Waals surface area contributed by atoms with Crippen molar-refractivity contribution in [3.05, 3.63) is 58.2 Å². The van der Waals surface area contributed by atoms with Crippen molar-refractivity contribution in [2.75, 3.05) is 19.5 Å². The molecule has 5 atom stereocenters. The van der Waals surface area contributed by atoms with E-state index in [0.717, 1.165) is 12.1 Å². The second-order valence-electron chi connectivity index (χ2n) is 10.6. The number of aromatic hydroxyl groups is 3. The summed E-state index contributed by atoms with van der Waals surface area (Å²) in [6.45, 7) is 1.90. The van der Waals surface area contributed by atoms with Gasteiger partial charge in [-0.2, -0.15) is 0 Å². The summed E-state index contributed by atoms with van der Waals surface area (Å²) >= 11 is 0. The first-order valence-electron chi connectivity index (χ1n) is 12.6. The first-order chi connectivity index (χ1) is 19.0. The predicted octanol–water partition coefficient (Wildman–Crippen LogP) is 1.67. The van der Waals surface area contributed by atoms with Gasteiger partial charge >= 0.3 is 0 Å². The van der Waals surface area contributed by atoms with Crippen LogP contribution in [0.15, 0.2) is 30.4 Å². The molecule has 2 heterocycles. The van der Waals surface area contributed by atoms with Crippen molar-refractivity contribution in [2.24, 2.45) is 5.92 Å². The molecule has 1 saturated carbocycles. The summed E-state index contributed by atoms with van der Waals surface area (Å²) in [4.78, 5) is 27.6. The summed E-state index contributed by atoms with van der Waals surface area (Å²) in [6.07, 6.45) is 3.15. The lowest BCUT2D eigenvalue weighted by atomic mass is 9.55. The van der Waals surface area contributed by atoms with Crippen LogP contribution in [-0.2, 0) is 19.8 Å². The van der Waals surface area contributed by atoms with Gasteiger partial charge in [0.15, 0.2) is 5.60 Å². The van der Waals surface area contributed by atoms with Crippen LogP contribution >= 0.6 is 0 Å². The smallest absolute Gasteiger partial charge is 0.216 e. The molecule has 7 rings (SSSR count). The Morgan fingerprint density at radius 3 is 2.20 bits per heavy atom. The van der Waals surface area contributed by atoms with Gasteiger partial charge in [0.25, 0.3) is 0 Å². The van der Waals surface area contributed by atoms with E-state index >= 15 is 0 Å². The fourth-order valence-corrected chi connectivity index (χ4v) is 7.34. The maximum atomic E-state index is 14.0. The normalized spacial score (nSPS) is 33.8. The van der Waals surface area contributed by atoms with E-state index in [2.05, 4.69) is 29.0 Å². The summed E-state index contributed by atoms with van der Waals surface area (Å²) in [7, 11) is 2.77. The summed E-state index contributed by atoms with van der Waals surface area (Å²) in [5, 5.41) is 48.1. The van der Waals surface area contributed by atoms with Crippen LogP contribution in [0.1, 0.15) is 50.8 Å². The molecule has 3 aliphatic carbocycles. The minimum absolute atomic E-state index is 0.0759. The van der Waals surface area contributed by atoms with Crippen LogP contribution in [0.2, 0.25) is 0 Å². The molecular weight excluding hydrogens is 518 g/mol. The molecule has 5 aliphatic rings. The van der Waals surface area contributed by atoms with Crippen molar-refractivity contribution < 1.29 is 44.2 Å². The number of anilines is 1. The Hall–Kier alpha value is -4.32. The van der Waals surface area contributed by atoms with E-state index in [1.54, 1.807) is 0 Å². The van der Waals surface area contributed by atoms with E-state index in [1.165, 1.54) is 32.4 Å². The molecule has 0 unspecified atom stereocenters. The molecule has 2 fully saturated rings. The fraction of sp³-hybridized carbons (Fsp3) is 0.333. The zero-order valence-electron chi connectivity index (χ0n) is 21.6. The molecule has 0 spiro atoms. The van der Waals surface area contributed by atoms with E-state index < -0.39 is 68.6 Å². The number of ketones is 2. The third kappa shape index (κ3) is 2.39. The number of hydrogen-bond acceptors (Lipinski definition) is 10. The maximum absolute atomic E-state index is 14.0. The van der Waals surface area contributed by atoms with E-state index in [1.807, 2.05) is 6.92 Å². The number of phenols is 3. The Balaban J connectivity index is 1.60. The zero-order chi connectivity index (χ0) is 28.4. The number of carbonyl (C=O) groups excluding carboxylic acids is 2. The Labute approximate surface area is 228 Å². The highest BCUT2D eigenvalue weighted by Crippen LogP contribution is 2.76. The minimum Gasteiger partial charge on any atom is -0.507 e. The van der Waals surface area contributed by atoms with E-state index in [9.17, 15) is 30.0 Å². The third-order valence-corrected chi connectivity index (χ3v) is 9.06. The first-order valence-corrected chi connectivity index (χ1v) is 12.6. The van der Waals surface area contributed by atoms with E-state index in [-0.39, 0.29) is 34.7 Å². The van der Waals surface area contributed by atoms with Crippen LogP contribution in [0.3, 0.4) is 0 Å². The summed E-state index contributed by atoms with van der Waals surface area (Å²) in [6, 6.07) is 2.65. The molecule has 0 amide bonds. The Morgan fingerprint density at radius 1 is 0.950 bits per heavy atom. The quantitative estimate of drug-likeness (QED) is 0.140. The molecule has 10 nitrogen and oxygen atoms in total. The van der Waals surface area contributed by atoms with Crippen molar-refractivity contribution in [1.82, 2.24) is 0 Å². The largest absolute Gasteiger partial charge is 0.507 e. The number of carbonyl (C=O) groups is 2. The van der Waals surface area contributed by atoms with Crippen LogP contribution in [0, 0.1) is 29.6 Å². The molecule has 40 heavy (non-hydrogen) atoms. The van der Waals surface area contributed by atoms with Gasteiger partial charge in [-0.25, -0.2) is 0 Å². The van der Waals surface area contributed by atoms with Crippen LogP contribution < -0.4 is 5.32 Å². The van der Waals surface area contributed by atoms with Crippen LogP contribution in [0.25, 0.3) is 0 Å². The zero-order valence-corrected chi connectivity index (χ0v) is 21.6. The van der Waals surface area contributed by atoms with Gasteiger partial charge in [-0.3, -0.25) is 9.59 Å². The number of ether oxygens (including phenoxy) is 3. The number of fused-ring (bicyclic) bond motifs is 4. The molecular formula is C30H23NO9. The highest BCUT2D eigenvalue weighted by molar-refractivity contribution is 6.33. The van der Waals surface area contributed by atoms with Gasteiger partial charge in [-0.1, -0.05) is 30.6 Å². The number of allylic oxidation sites excluding steroid dienone is 2. The Kier molecular flexibility index (Phi) is 4.60. The average molecular weight is 542 g/mol. The second kappa shape index (κ2) is 7.45. The number of benzene rings is 2. The van der Waals surface area contributed by atoms with Gasteiger partial charge in [0, 0.05) is 26.2 Å². The molecule has 5 N–H and O–H groups in total. The van der Waals surface area contributed by atoms with Crippen LogP contribution in [0.4, 0.5) is 5.69 Å². The number of rotatable bonds is 2. The first kappa shape index (κ1) is 24.7. The molecule has 10 heteroatoms. The lowest BCUT2D eigenvalue weighted by Gasteiger charge is -2.54. The van der Waals surface area contributed by atoms with Gasteiger partial charge in [0.2, 0.25) is 23.0 Å². The van der Waals surface area contributed by atoms with Gasteiger partial charge in [0.05, 0.1) is 27.9 Å². The van der Waals surface area contributed by atoms with Crippen molar-refractivity contribution >= 4 is 17.3 Å². The van der Waals surface area contributed by atoms with Crippen molar-refractivity contribution in [1.29, 1.82) is 0 Å². The van der Waals surface area contributed by atoms with Crippen molar-refractivity contribution in [2.45, 2.75) is 42.0 Å². The summed E-state index contributed by atoms with van der Waals surface area (Å²) in [5.41, 5.74) is -6.31. The SMILES string of the molecule is COC1(OC)C[C@H](C)[C@@]23O[C@]24c2cc(O)c5c(c2N[C@H]3C#C/C=C\C#C[C@]14O)C(=O)c1c(O)ccc(O)c1C5=O. The number of aliphatic hydroxyl groups is 1. The molecule has 1 saturated heterocycles. The lowest BCUT2D eigenvalue weighted by Crippen LogP contribution is -2.72. The molecule has 0 radical (unpaired) electrons. The van der Waals surface area contributed by atoms with Crippen molar-refractivity contribution in [3.63, 3.8) is 0 Å². The number of nitrogens with one attached hydrogen (secondary N) is 1. The number of phenolic OH excluding ortho intramolecular Hbond substituents is 3. The van der Waals surface area contributed by atoms with E-state index in [0.29, 0.717) is 0 Å². The number of hydrogen-bond donors (Lipinski definition) is 5. The van der Waals surface area contributed by atoms with Crippen LogP contribution in [-0.4, -0.2) is 69.2 Å². The fourth-order valence-electron chi connectivity index (χ4n) is 7.34. The molecule has 4 bridgehead atoms. The number of epoxide rings is 1. The lowest BCUT2D eigenvalue weighted by molar-refractivity contribution is -0.316. The summed E-state index contributed by atoms with van der Waals surface area (Å²) < 4.78 is 18.2. The Bertz CT molecular complexity index is 1750. The Morgan fingerprint density at radius 2 is 1.55 bits per heavy atom. The van der Waals surface area contributed by atoms with Gasteiger partial charge in [-0.05, 0) is 36.3 Å². The molecule has 2 aromatic rings. The van der Waals surface area contributed by atoms with E-state index in [4.69, 9.17) is 14.2 Å². The summed E-state index contributed by atoms with van der Waals surface area (Å²) in [5.74, 6) is 6.40. The van der Waals surface area contributed by atoms with Crippen molar-refractivity contribution in [3.8, 4) is 40.9 Å². The van der Waals surface area contributed by atoms with Crippen LogP contribution in [0.5, 0.6) is 17.2 Å². The highest BCUT2D eigenvalue weighted by Gasteiger charge is 2.92. The predicted molar refractivity (Wildman–Crippen MR) is 138 cm³/mol. The average Bonchev–Trinajstić information content (AvgIpc) is 3.67.